The first kappa shape index (κ1) is 18.5. The van der Waals surface area contributed by atoms with Crippen LogP contribution in [0.3, 0.4) is 0 Å². The van der Waals surface area contributed by atoms with Crippen LogP contribution in [-0.2, 0) is 19.6 Å². The lowest BCUT2D eigenvalue weighted by molar-refractivity contribution is 0.238. The van der Waals surface area contributed by atoms with Gasteiger partial charge in [-0.15, -0.1) is 0 Å². The zero-order valence-electron chi connectivity index (χ0n) is 15.5. The number of hydrogen-bond acceptors (Lipinski definition) is 3. The molecular formula is C20H29N5O. The van der Waals surface area contributed by atoms with Gasteiger partial charge in [0, 0.05) is 38.6 Å². The molecule has 1 aliphatic rings. The van der Waals surface area contributed by atoms with Crippen LogP contribution in [0, 0.1) is 5.92 Å². The summed E-state index contributed by atoms with van der Waals surface area (Å²) in [6.07, 6.45) is 6.32. The minimum absolute atomic E-state index is 0.123. The summed E-state index contributed by atoms with van der Waals surface area (Å²) in [7, 11) is 0. The molecule has 2 heterocycles. The highest BCUT2D eigenvalue weighted by molar-refractivity contribution is 5.73. The number of amides is 2. The Bertz CT molecular complexity index is 679. The molecule has 140 valence electrons. The highest BCUT2D eigenvalue weighted by Gasteiger charge is 2.12. The van der Waals surface area contributed by atoms with Crippen molar-refractivity contribution in [1.82, 2.24) is 25.3 Å². The molecule has 6 nitrogen and oxygen atoms in total. The minimum atomic E-state index is -0.123. The van der Waals surface area contributed by atoms with E-state index in [1.54, 1.807) is 6.20 Å². The smallest absolute Gasteiger partial charge is 0.315 e. The number of rotatable bonds is 8. The number of carbonyl (C=O) groups excluding carboxylic acids is 1. The molecule has 0 radical (unpaired) electrons. The molecule has 1 fully saturated rings. The fraction of sp³-hybridized carbons (Fsp3) is 0.500. The number of nitrogens with zero attached hydrogens (tertiary/aromatic N) is 3. The Morgan fingerprint density at radius 3 is 2.77 bits per heavy atom. The van der Waals surface area contributed by atoms with Gasteiger partial charge in [0.15, 0.2) is 0 Å². The van der Waals surface area contributed by atoms with E-state index in [9.17, 15) is 4.79 Å². The standard InChI is InChI=1S/C20H29N5O/c1-17(15-25-11-5-8-23-25)13-21-20(26)22-14-18-6-4-7-19(12-18)16-24-9-2-3-10-24/h4-8,11-12,17H,2-3,9-10,13-16H2,1H3,(H2,21,22,26). The molecule has 6 heteroatoms. The molecule has 1 unspecified atom stereocenters. The quantitative estimate of drug-likeness (QED) is 0.765. The third-order valence-electron chi connectivity index (χ3n) is 4.72. The molecular weight excluding hydrogens is 326 g/mol. The van der Waals surface area contributed by atoms with Crippen molar-refractivity contribution in [2.75, 3.05) is 19.6 Å². The van der Waals surface area contributed by atoms with Gasteiger partial charge in [-0.3, -0.25) is 9.58 Å². The first-order valence-corrected chi connectivity index (χ1v) is 9.48. The molecule has 2 amide bonds. The van der Waals surface area contributed by atoms with E-state index in [4.69, 9.17) is 0 Å². The zero-order chi connectivity index (χ0) is 18.2. The molecule has 2 N–H and O–H groups in total. The fourth-order valence-electron chi connectivity index (χ4n) is 3.34. The van der Waals surface area contributed by atoms with Gasteiger partial charge < -0.3 is 10.6 Å². The molecule has 1 aliphatic heterocycles. The number of carbonyl (C=O) groups is 1. The largest absolute Gasteiger partial charge is 0.338 e. The van der Waals surface area contributed by atoms with E-state index in [1.807, 2.05) is 16.9 Å². The Morgan fingerprint density at radius 1 is 1.19 bits per heavy atom. The lowest BCUT2D eigenvalue weighted by Gasteiger charge is -2.16. The first-order valence-electron chi connectivity index (χ1n) is 9.48. The van der Waals surface area contributed by atoms with E-state index in [0.717, 1.165) is 18.7 Å². The summed E-state index contributed by atoms with van der Waals surface area (Å²) in [5, 5.41) is 10.1. The number of nitrogens with one attached hydrogen (secondary N) is 2. The van der Waals surface area contributed by atoms with E-state index in [1.165, 1.54) is 31.5 Å². The van der Waals surface area contributed by atoms with Crippen LogP contribution >= 0.6 is 0 Å². The van der Waals surface area contributed by atoms with Gasteiger partial charge in [0.25, 0.3) is 0 Å². The van der Waals surface area contributed by atoms with Gasteiger partial charge in [-0.2, -0.15) is 5.10 Å². The molecule has 1 aromatic heterocycles. The van der Waals surface area contributed by atoms with Gasteiger partial charge in [0.05, 0.1) is 0 Å². The van der Waals surface area contributed by atoms with Crippen molar-refractivity contribution in [2.45, 2.75) is 39.4 Å². The van der Waals surface area contributed by atoms with Crippen molar-refractivity contribution in [3.05, 3.63) is 53.9 Å². The summed E-state index contributed by atoms with van der Waals surface area (Å²) in [6.45, 7) is 7.47. The van der Waals surface area contributed by atoms with Crippen molar-refractivity contribution in [1.29, 1.82) is 0 Å². The molecule has 26 heavy (non-hydrogen) atoms. The average Bonchev–Trinajstić information content (AvgIpc) is 3.33. The second-order valence-electron chi connectivity index (χ2n) is 7.20. The van der Waals surface area contributed by atoms with E-state index < -0.39 is 0 Å². The molecule has 0 saturated carbocycles. The third-order valence-corrected chi connectivity index (χ3v) is 4.72. The molecule has 0 bridgehead atoms. The van der Waals surface area contributed by atoms with E-state index in [2.05, 4.69) is 51.8 Å². The third kappa shape index (κ3) is 5.88. The Balaban J connectivity index is 1.38. The summed E-state index contributed by atoms with van der Waals surface area (Å²) in [4.78, 5) is 14.5. The molecule has 1 atom stereocenters. The lowest BCUT2D eigenvalue weighted by Crippen LogP contribution is -2.38. The average molecular weight is 355 g/mol. The SMILES string of the molecule is CC(CNC(=O)NCc1cccc(CN2CCCC2)c1)Cn1cccn1. The number of benzene rings is 1. The summed E-state index contributed by atoms with van der Waals surface area (Å²) in [6, 6.07) is 10.3. The van der Waals surface area contributed by atoms with E-state index >= 15 is 0 Å². The molecule has 3 rings (SSSR count). The van der Waals surface area contributed by atoms with Crippen LogP contribution in [0.25, 0.3) is 0 Å². The Hall–Kier alpha value is -2.34. The summed E-state index contributed by atoms with van der Waals surface area (Å²) < 4.78 is 1.89. The van der Waals surface area contributed by atoms with Crippen LogP contribution < -0.4 is 10.6 Å². The Kier molecular flexibility index (Phi) is 6.66. The van der Waals surface area contributed by atoms with Crippen LogP contribution in [0.2, 0.25) is 0 Å². The molecule has 1 aromatic carbocycles. The molecule has 1 saturated heterocycles. The number of aromatic nitrogens is 2. The highest BCUT2D eigenvalue weighted by Crippen LogP contribution is 2.13. The summed E-state index contributed by atoms with van der Waals surface area (Å²) in [5.41, 5.74) is 2.46. The topological polar surface area (TPSA) is 62.2 Å². The fourth-order valence-corrected chi connectivity index (χ4v) is 3.34. The molecule has 0 spiro atoms. The first-order chi connectivity index (χ1) is 12.7. The molecule has 2 aromatic rings. The van der Waals surface area contributed by atoms with Crippen molar-refractivity contribution >= 4 is 6.03 Å². The number of hydrogen-bond donors (Lipinski definition) is 2. The van der Waals surface area contributed by atoms with Crippen molar-refractivity contribution in [3.63, 3.8) is 0 Å². The minimum Gasteiger partial charge on any atom is -0.338 e. The summed E-state index contributed by atoms with van der Waals surface area (Å²) in [5.74, 6) is 0.324. The normalized spacial score (nSPS) is 15.7. The maximum Gasteiger partial charge on any atom is 0.315 e. The zero-order valence-corrected chi connectivity index (χ0v) is 15.5. The number of urea groups is 1. The molecule has 0 aliphatic carbocycles. The highest BCUT2D eigenvalue weighted by atomic mass is 16.2. The van der Waals surface area contributed by atoms with E-state index in [-0.39, 0.29) is 6.03 Å². The van der Waals surface area contributed by atoms with Gasteiger partial charge in [-0.1, -0.05) is 31.2 Å². The van der Waals surface area contributed by atoms with E-state index in [0.29, 0.717) is 19.0 Å². The van der Waals surface area contributed by atoms with Crippen molar-refractivity contribution in [3.8, 4) is 0 Å². The van der Waals surface area contributed by atoms with Crippen LogP contribution in [0.5, 0.6) is 0 Å². The second-order valence-corrected chi connectivity index (χ2v) is 7.20. The van der Waals surface area contributed by atoms with Crippen LogP contribution in [0.15, 0.2) is 42.7 Å². The predicted octanol–water partition coefficient (Wildman–Crippen LogP) is 2.61. The maximum atomic E-state index is 12.0. The van der Waals surface area contributed by atoms with Gasteiger partial charge >= 0.3 is 6.03 Å². The second kappa shape index (κ2) is 9.38. The van der Waals surface area contributed by atoms with Gasteiger partial charge in [0.1, 0.15) is 0 Å². The van der Waals surface area contributed by atoms with Gasteiger partial charge in [0.2, 0.25) is 0 Å². The maximum absolute atomic E-state index is 12.0. The predicted molar refractivity (Wildman–Crippen MR) is 103 cm³/mol. The van der Waals surface area contributed by atoms with Crippen LogP contribution in [0.1, 0.15) is 30.9 Å². The Morgan fingerprint density at radius 2 is 2.00 bits per heavy atom. The monoisotopic (exact) mass is 355 g/mol. The summed E-state index contributed by atoms with van der Waals surface area (Å²) >= 11 is 0. The van der Waals surface area contributed by atoms with Crippen molar-refractivity contribution < 1.29 is 4.79 Å². The van der Waals surface area contributed by atoms with Gasteiger partial charge in [-0.05, 0) is 49.0 Å². The van der Waals surface area contributed by atoms with Crippen LogP contribution in [-0.4, -0.2) is 40.3 Å². The Labute approximate surface area is 155 Å². The number of likely N-dealkylation sites (tertiary alicyclic amines) is 1. The van der Waals surface area contributed by atoms with Crippen molar-refractivity contribution in [2.24, 2.45) is 5.92 Å². The lowest BCUT2D eigenvalue weighted by atomic mass is 10.1. The van der Waals surface area contributed by atoms with Crippen LogP contribution in [0.4, 0.5) is 4.79 Å². The van der Waals surface area contributed by atoms with Gasteiger partial charge in [-0.25, -0.2) is 4.79 Å².